The number of pyridine rings is 1. The first kappa shape index (κ1) is 26.9. The van der Waals surface area contributed by atoms with Gasteiger partial charge in [-0.25, -0.2) is 10.5 Å². The summed E-state index contributed by atoms with van der Waals surface area (Å²) in [5, 5.41) is 1.70. The number of alkyl halides is 6. The van der Waals surface area contributed by atoms with Crippen molar-refractivity contribution in [1.29, 1.82) is 0 Å². The van der Waals surface area contributed by atoms with Crippen molar-refractivity contribution in [2.75, 3.05) is 19.0 Å². The maximum Gasteiger partial charge on any atom is 0.471 e. The van der Waals surface area contributed by atoms with Gasteiger partial charge in [-0.3, -0.25) is 14.0 Å². The molecular weight excluding hydrogens is 514 g/mol. The first-order chi connectivity index (χ1) is 18.0. The number of carbonyl (C=O) groups excluding carboxylic acids is 1. The first-order valence-electron chi connectivity index (χ1n) is 11.1. The van der Waals surface area contributed by atoms with E-state index in [9.17, 15) is 31.1 Å². The summed E-state index contributed by atoms with van der Waals surface area (Å²) in [6.45, 7) is 0.163. The molecule has 0 saturated heterocycles. The van der Waals surface area contributed by atoms with Crippen LogP contribution in [0.5, 0.6) is 0 Å². The lowest BCUT2D eigenvalue weighted by molar-refractivity contribution is -0.167. The maximum absolute atomic E-state index is 13.4. The van der Waals surface area contributed by atoms with E-state index >= 15 is 0 Å². The van der Waals surface area contributed by atoms with E-state index in [2.05, 4.69) is 10.5 Å². The van der Waals surface area contributed by atoms with Gasteiger partial charge in [0.1, 0.15) is 5.65 Å². The molecule has 0 aliphatic carbocycles. The van der Waals surface area contributed by atoms with Crippen LogP contribution in [0.2, 0.25) is 0 Å². The van der Waals surface area contributed by atoms with Crippen molar-refractivity contribution >= 4 is 22.9 Å². The Balaban J connectivity index is 1.93. The fourth-order valence-electron chi connectivity index (χ4n) is 3.82. The van der Waals surface area contributed by atoms with Crippen LogP contribution in [-0.2, 0) is 15.8 Å². The van der Waals surface area contributed by atoms with Crippen LogP contribution in [0, 0.1) is 0 Å². The fourth-order valence-corrected chi connectivity index (χ4v) is 3.82. The number of amides is 1. The van der Waals surface area contributed by atoms with E-state index < -0.39 is 29.6 Å². The molecule has 12 heteroatoms. The van der Waals surface area contributed by atoms with Gasteiger partial charge in [0.25, 0.3) is 0 Å². The molecule has 0 fully saturated rings. The van der Waals surface area contributed by atoms with Gasteiger partial charge in [0, 0.05) is 18.8 Å². The standard InChI is InChI=1S/C26H20F6N4O2/c1-33-38-13-12-20(16-6-3-2-4-7-16)18-10-11-21-34-23(35-24(37)26(30,31)32)22(36(21)15-18)17-8-5-9-19(14-17)25(27,28)29/h2-12,14-15,33H,13H2,1H3,(H,35,37)/b20-12+. The number of hydroxylamine groups is 1. The Bertz CT molecular complexity index is 1480. The number of hydrogen-bond donors (Lipinski definition) is 2. The van der Waals surface area contributed by atoms with Crippen LogP contribution < -0.4 is 10.8 Å². The molecule has 2 aromatic heterocycles. The van der Waals surface area contributed by atoms with E-state index in [1.807, 2.05) is 30.3 Å². The number of nitrogens with zero attached hydrogens (tertiary/aromatic N) is 2. The molecule has 0 atom stereocenters. The number of rotatable bonds is 7. The number of imidazole rings is 1. The van der Waals surface area contributed by atoms with Crippen molar-refractivity contribution in [3.63, 3.8) is 0 Å². The van der Waals surface area contributed by atoms with Crippen molar-refractivity contribution in [3.05, 3.63) is 95.7 Å². The normalized spacial score (nSPS) is 12.7. The summed E-state index contributed by atoms with van der Waals surface area (Å²) >= 11 is 0. The molecule has 0 saturated carbocycles. The molecule has 2 N–H and O–H groups in total. The number of halogens is 6. The van der Waals surface area contributed by atoms with Gasteiger partial charge in [0.15, 0.2) is 5.82 Å². The molecule has 0 aliphatic heterocycles. The summed E-state index contributed by atoms with van der Waals surface area (Å²) in [4.78, 5) is 21.0. The minimum atomic E-state index is -5.23. The summed E-state index contributed by atoms with van der Waals surface area (Å²) in [5.74, 6) is -2.84. The summed E-state index contributed by atoms with van der Waals surface area (Å²) < 4.78 is 80.7. The van der Waals surface area contributed by atoms with E-state index in [1.54, 1.807) is 24.5 Å². The Morgan fingerprint density at radius 1 is 0.974 bits per heavy atom. The molecule has 2 heterocycles. The third kappa shape index (κ3) is 5.87. The van der Waals surface area contributed by atoms with Gasteiger partial charge in [0.2, 0.25) is 0 Å². The third-order valence-corrected chi connectivity index (χ3v) is 5.48. The molecule has 0 bridgehead atoms. The van der Waals surface area contributed by atoms with Gasteiger partial charge in [-0.05, 0) is 47.0 Å². The maximum atomic E-state index is 13.4. The Labute approximate surface area is 212 Å². The Hall–Kier alpha value is -4.16. The van der Waals surface area contributed by atoms with Crippen LogP contribution in [0.1, 0.15) is 16.7 Å². The molecular formula is C26H20F6N4O2. The van der Waals surface area contributed by atoms with Crippen molar-refractivity contribution in [2.45, 2.75) is 12.4 Å². The SMILES string of the molecule is CNOC/C=C(\c1ccccc1)c1ccc2nc(NC(=O)C(F)(F)F)c(-c3cccc(C(F)(F)F)c3)n2c1. The quantitative estimate of drug-likeness (QED) is 0.171. The number of hydrogen-bond acceptors (Lipinski definition) is 4. The van der Waals surface area contributed by atoms with E-state index in [-0.39, 0.29) is 23.5 Å². The van der Waals surface area contributed by atoms with Crippen LogP contribution in [0.15, 0.2) is 79.0 Å². The lowest BCUT2D eigenvalue weighted by Crippen LogP contribution is -2.30. The fraction of sp³-hybridized carbons (Fsp3) is 0.154. The summed E-state index contributed by atoms with van der Waals surface area (Å²) in [6, 6.07) is 16.3. The first-order valence-corrected chi connectivity index (χ1v) is 11.1. The van der Waals surface area contributed by atoms with Crippen molar-refractivity contribution in [1.82, 2.24) is 14.9 Å². The molecule has 4 rings (SSSR count). The monoisotopic (exact) mass is 534 g/mol. The van der Waals surface area contributed by atoms with Crippen LogP contribution in [-0.4, -0.2) is 35.1 Å². The van der Waals surface area contributed by atoms with Crippen molar-refractivity contribution < 1.29 is 36.0 Å². The van der Waals surface area contributed by atoms with E-state index in [1.165, 1.54) is 22.7 Å². The molecule has 6 nitrogen and oxygen atoms in total. The third-order valence-electron chi connectivity index (χ3n) is 5.48. The second-order valence-electron chi connectivity index (χ2n) is 7.98. The number of fused-ring (bicyclic) bond motifs is 1. The Morgan fingerprint density at radius 2 is 1.71 bits per heavy atom. The van der Waals surface area contributed by atoms with Gasteiger partial charge in [-0.2, -0.15) is 26.3 Å². The summed E-state index contributed by atoms with van der Waals surface area (Å²) in [5.41, 5.74) is 3.46. The molecule has 0 spiro atoms. The molecule has 4 aromatic rings. The van der Waals surface area contributed by atoms with E-state index in [4.69, 9.17) is 4.84 Å². The average molecular weight is 534 g/mol. The number of nitrogens with one attached hydrogen (secondary N) is 2. The Morgan fingerprint density at radius 3 is 2.37 bits per heavy atom. The number of aromatic nitrogens is 2. The Kier molecular flexibility index (Phi) is 7.56. The van der Waals surface area contributed by atoms with Gasteiger partial charge in [-0.1, -0.05) is 42.5 Å². The molecule has 1 amide bonds. The predicted molar refractivity (Wildman–Crippen MR) is 129 cm³/mol. The number of benzene rings is 2. The second kappa shape index (κ2) is 10.7. The van der Waals surface area contributed by atoms with Crippen molar-refractivity contribution in [2.24, 2.45) is 0 Å². The van der Waals surface area contributed by atoms with Gasteiger partial charge in [0.05, 0.1) is 17.9 Å². The topological polar surface area (TPSA) is 67.7 Å². The highest BCUT2D eigenvalue weighted by Gasteiger charge is 2.40. The van der Waals surface area contributed by atoms with Crippen LogP contribution in [0.4, 0.5) is 32.2 Å². The van der Waals surface area contributed by atoms with E-state index in [0.717, 1.165) is 23.8 Å². The minimum Gasteiger partial charge on any atom is -0.301 e. The molecule has 198 valence electrons. The van der Waals surface area contributed by atoms with E-state index in [0.29, 0.717) is 11.1 Å². The molecule has 2 aromatic carbocycles. The molecule has 0 aliphatic rings. The number of carbonyl (C=O) groups is 1. The zero-order valence-electron chi connectivity index (χ0n) is 19.7. The smallest absolute Gasteiger partial charge is 0.301 e. The largest absolute Gasteiger partial charge is 0.471 e. The zero-order chi connectivity index (χ0) is 27.5. The predicted octanol–water partition coefficient (Wildman–Crippen LogP) is 6.10. The molecule has 38 heavy (non-hydrogen) atoms. The average Bonchev–Trinajstić information content (AvgIpc) is 3.23. The van der Waals surface area contributed by atoms with Gasteiger partial charge >= 0.3 is 18.3 Å². The zero-order valence-corrected chi connectivity index (χ0v) is 19.7. The van der Waals surface area contributed by atoms with Crippen LogP contribution in [0.3, 0.4) is 0 Å². The van der Waals surface area contributed by atoms with Crippen molar-refractivity contribution in [3.8, 4) is 11.3 Å². The highest BCUT2D eigenvalue weighted by atomic mass is 19.4. The summed E-state index contributed by atoms with van der Waals surface area (Å²) in [7, 11) is 1.59. The highest BCUT2D eigenvalue weighted by Crippen LogP contribution is 2.36. The number of anilines is 1. The van der Waals surface area contributed by atoms with Gasteiger partial charge in [-0.15, -0.1) is 0 Å². The van der Waals surface area contributed by atoms with Gasteiger partial charge < -0.3 is 5.32 Å². The van der Waals surface area contributed by atoms with Crippen LogP contribution in [0.25, 0.3) is 22.5 Å². The van der Waals surface area contributed by atoms with Crippen LogP contribution >= 0.6 is 0 Å². The lowest BCUT2D eigenvalue weighted by Gasteiger charge is -2.13. The summed E-state index contributed by atoms with van der Waals surface area (Å²) in [6.07, 6.45) is -6.64. The lowest BCUT2D eigenvalue weighted by atomic mass is 9.99. The minimum absolute atomic E-state index is 0.0919. The highest BCUT2D eigenvalue weighted by molar-refractivity contribution is 5.98. The molecule has 0 unspecified atom stereocenters. The second-order valence-corrected chi connectivity index (χ2v) is 7.98. The molecule has 0 radical (unpaired) electrons.